The summed E-state index contributed by atoms with van der Waals surface area (Å²) in [5, 5.41) is 9.93. The van der Waals surface area contributed by atoms with E-state index < -0.39 is 0 Å². The number of fused-ring (bicyclic) bond motifs is 1. The summed E-state index contributed by atoms with van der Waals surface area (Å²) in [6.45, 7) is 0. The third-order valence-electron chi connectivity index (χ3n) is 6.51. The molecule has 1 amide bonds. The summed E-state index contributed by atoms with van der Waals surface area (Å²) in [4.78, 5) is 25.4. The zero-order valence-electron chi connectivity index (χ0n) is 20.2. The Balaban J connectivity index is 1.13. The van der Waals surface area contributed by atoms with Crippen molar-refractivity contribution in [1.82, 2.24) is 15.3 Å². The van der Waals surface area contributed by atoms with Crippen LogP contribution in [0.2, 0.25) is 0 Å². The van der Waals surface area contributed by atoms with Gasteiger partial charge in [0.1, 0.15) is 5.82 Å². The maximum Gasteiger partial charge on any atom is 0.225 e. The fourth-order valence-corrected chi connectivity index (χ4v) is 5.64. The van der Waals surface area contributed by atoms with E-state index in [4.69, 9.17) is 9.97 Å². The van der Waals surface area contributed by atoms with Crippen LogP contribution < -0.4 is 15.5 Å². The van der Waals surface area contributed by atoms with Crippen molar-refractivity contribution < 1.29 is 4.79 Å². The molecule has 1 aliphatic carbocycles. The number of thiophene rings is 1. The third kappa shape index (κ3) is 5.62. The van der Waals surface area contributed by atoms with Crippen LogP contribution >= 0.6 is 11.3 Å². The smallest absolute Gasteiger partial charge is 0.225 e. The average Bonchev–Trinajstić information content (AvgIpc) is 3.33. The summed E-state index contributed by atoms with van der Waals surface area (Å²) in [5.41, 5.74) is 3.22. The Morgan fingerprint density at radius 2 is 1.69 bits per heavy atom. The van der Waals surface area contributed by atoms with E-state index in [1.165, 1.54) is 10.4 Å². The van der Waals surface area contributed by atoms with E-state index in [9.17, 15) is 4.79 Å². The summed E-state index contributed by atoms with van der Waals surface area (Å²) in [5.74, 6) is 1.70. The van der Waals surface area contributed by atoms with Crippen molar-refractivity contribution in [1.29, 1.82) is 0 Å². The van der Waals surface area contributed by atoms with Gasteiger partial charge in [-0.2, -0.15) is 4.98 Å². The lowest BCUT2D eigenvalue weighted by Crippen LogP contribution is -2.40. The predicted octanol–water partition coefficient (Wildman–Crippen LogP) is 5.51. The molecule has 1 saturated carbocycles. The lowest BCUT2D eigenvalue weighted by Gasteiger charge is -2.30. The molecule has 0 spiro atoms. The Hall–Kier alpha value is -3.45. The zero-order chi connectivity index (χ0) is 24.2. The fraction of sp³-hybridized carbons (Fsp3) is 0.321. The molecule has 2 heterocycles. The molecule has 2 aromatic carbocycles. The lowest BCUT2D eigenvalue weighted by molar-refractivity contribution is -0.121. The van der Waals surface area contributed by atoms with Gasteiger partial charge in [-0.3, -0.25) is 4.79 Å². The van der Waals surface area contributed by atoms with Gasteiger partial charge in [0.25, 0.3) is 0 Å². The molecule has 0 radical (unpaired) electrons. The molecule has 0 unspecified atom stereocenters. The summed E-state index contributed by atoms with van der Waals surface area (Å²) in [6.07, 6.45) is 4.30. The van der Waals surface area contributed by atoms with Gasteiger partial charge in [0, 0.05) is 36.4 Å². The van der Waals surface area contributed by atoms with Crippen LogP contribution in [0.5, 0.6) is 0 Å². The molecule has 4 aromatic rings. The Morgan fingerprint density at radius 3 is 2.46 bits per heavy atom. The first-order valence-corrected chi connectivity index (χ1v) is 13.1. The molecule has 0 atom stereocenters. The fourth-order valence-electron chi connectivity index (χ4n) is 4.72. The first-order valence-electron chi connectivity index (χ1n) is 12.2. The van der Waals surface area contributed by atoms with Crippen molar-refractivity contribution in [3.05, 3.63) is 71.6 Å². The van der Waals surface area contributed by atoms with Crippen molar-refractivity contribution in [2.45, 2.75) is 44.2 Å². The SMILES string of the molecule is CN(C)c1nc(N[C@H]2CC[C@@H](NC(=O)Cc3csc(-c4ccccc4)c3)CC2)nc2ccccc12. The van der Waals surface area contributed by atoms with Crippen LogP contribution in [0.1, 0.15) is 31.2 Å². The summed E-state index contributed by atoms with van der Waals surface area (Å²) in [7, 11) is 4.01. The second-order valence-corrected chi connectivity index (χ2v) is 10.3. The number of nitrogens with zero attached hydrogens (tertiary/aromatic N) is 3. The van der Waals surface area contributed by atoms with Gasteiger partial charge in [0.05, 0.1) is 11.9 Å². The zero-order valence-corrected chi connectivity index (χ0v) is 21.0. The average molecular weight is 486 g/mol. The maximum atomic E-state index is 12.7. The highest BCUT2D eigenvalue weighted by atomic mass is 32.1. The quantitative estimate of drug-likeness (QED) is 0.361. The Kier molecular flexibility index (Phi) is 6.95. The molecular weight excluding hydrogens is 454 g/mol. The number of hydrogen-bond donors (Lipinski definition) is 2. The van der Waals surface area contributed by atoms with Crippen LogP contribution in [-0.4, -0.2) is 42.1 Å². The van der Waals surface area contributed by atoms with E-state index in [2.05, 4.69) is 40.3 Å². The molecule has 6 nitrogen and oxygen atoms in total. The molecule has 2 aromatic heterocycles. The summed E-state index contributed by atoms with van der Waals surface area (Å²) < 4.78 is 0. The van der Waals surface area contributed by atoms with Crippen LogP contribution in [0.25, 0.3) is 21.3 Å². The maximum absolute atomic E-state index is 12.7. The van der Waals surface area contributed by atoms with Gasteiger partial charge in [0.15, 0.2) is 0 Å². The number of benzene rings is 2. The molecule has 180 valence electrons. The predicted molar refractivity (Wildman–Crippen MR) is 145 cm³/mol. The normalized spacial score (nSPS) is 17.8. The molecule has 0 saturated heterocycles. The highest BCUT2D eigenvalue weighted by Gasteiger charge is 2.23. The van der Waals surface area contributed by atoms with Gasteiger partial charge in [0.2, 0.25) is 11.9 Å². The summed E-state index contributed by atoms with van der Waals surface area (Å²) in [6, 6.07) is 21.1. The highest BCUT2D eigenvalue weighted by molar-refractivity contribution is 7.13. The molecule has 0 bridgehead atoms. The van der Waals surface area contributed by atoms with Crippen molar-refractivity contribution in [2.75, 3.05) is 24.3 Å². The third-order valence-corrected chi connectivity index (χ3v) is 7.54. The topological polar surface area (TPSA) is 70.2 Å². The van der Waals surface area contributed by atoms with Gasteiger partial charge >= 0.3 is 0 Å². The van der Waals surface area contributed by atoms with E-state index in [0.717, 1.165) is 48.0 Å². The largest absolute Gasteiger partial charge is 0.362 e. The van der Waals surface area contributed by atoms with Gasteiger partial charge in [-0.25, -0.2) is 4.98 Å². The number of carbonyl (C=O) groups is 1. The molecular formula is C28H31N5OS. The van der Waals surface area contributed by atoms with Gasteiger partial charge in [-0.1, -0.05) is 42.5 Å². The molecule has 1 fully saturated rings. The molecule has 0 aliphatic heterocycles. The lowest BCUT2D eigenvalue weighted by atomic mass is 9.91. The van der Waals surface area contributed by atoms with E-state index in [1.807, 2.05) is 55.4 Å². The minimum atomic E-state index is 0.104. The van der Waals surface area contributed by atoms with Crippen LogP contribution in [0.3, 0.4) is 0 Å². The molecule has 5 rings (SSSR count). The Labute approximate surface area is 210 Å². The highest BCUT2D eigenvalue weighted by Crippen LogP contribution is 2.28. The minimum Gasteiger partial charge on any atom is -0.362 e. The van der Waals surface area contributed by atoms with E-state index in [-0.39, 0.29) is 11.9 Å². The number of hydrogen-bond acceptors (Lipinski definition) is 6. The second kappa shape index (κ2) is 10.4. The van der Waals surface area contributed by atoms with Crippen molar-refractivity contribution in [3.63, 3.8) is 0 Å². The first kappa shape index (κ1) is 23.3. The summed E-state index contributed by atoms with van der Waals surface area (Å²) >= 11 is 1.69. The van der Waals surface area contributed by atoms with Crippen LogP contribution in [0, 0.1) is 0 Å². The van der Waals surface area contributed by atoms with E-state index >= 15 is 0 Å². The van der Waals surface area contributed by atoms with Crippen LogP contribution in [0.4, 0.5) is 11.8 Å². The molecule has 1 aliphatic rings. The minimum absolute atomic E-state index is 0.104. The number of amides is 1. The number of carbonyl (C=O) groups excluding carboxylic acids is 1. The van der Waals surface area contributed by atoms with Gasteiger partial charge in [-0.15, -0.1) is 11.3 Å². The van der Waals surface area contributed by atoms with Crippen LogP contribution in [-0.2, 0) is 11.2 Å². The Bertz CT molecular complexity index is 1300. The van der Waals surface area contributed by atoms with Crippen molar-refractivity contribution in [3.8, 4) is 10.4 Å². The Morgan fingerprint density at radius 1 is 0.971 bits per heavy atom. The van der Waals surface area contributed by atoms with E-state index in [1.54, 1.807) is 11.3 Å². The van der Waals surface area contributed by atoms with Gasteiger partial charge < -0.3 is 15.5 Å². The molecule has 2 N–H and O–H groups in total. The van der Waals surface area contributed by atoms with E-state index in [0.29, 0.717) is 18.4 Å². The number of aromatic nitrogens is 2. The number of para-hydroxylation sites is 1. The number of nitrogens with one attached hydrogen (secondary N) is 2. The molecule has 7 heteroatoms. The van der Waals surface area contributed by atoms with Crippen LogP contribution in [0.15, 0.2) is 66.0 Å². The first-order chi connectivity index (χ1) is 17.0. The van der Waals surface area contributed by atoms with Crippen molar-refractivity contribution in [2.24, 2.45) is 0 Å². The standard InChI is InChI=1S/C28H31N5OS/c1-33(2)27-23-10-6-7-11-24(23)31-28(32-27)30-22-14-12-21(13-15-22)29-26(34)17-19-16-25(35-18-19)20-8-4-3-5-9-20/h3-11,16,18,21-22H,12-15,17H2,1-2H3,(H,29,34)(H,30,31,32)/t21-,22+. The molecule has 35 heavy (non-hydrogen) atoms. The van der Waals surface area contributed by atoms with Gasteiger partial charge in [-0.05, 0) is 60.4 Å². The number of rotatable bonds is 7. The second-order valence-electron chi connectivity index (χ2n) is 9.40. The number of anilines is 2. The van der Waals surface area contributed by atoms with Crippen molar-refractivity contribution >= 4 is 39.9 Å². The monoisotopic (exact) mass is 485 g/mol.